The highest BCUT2D eigenvalue weighted by Gasteiger charge is 2.34. The summed E-state index contributed by atoms with van der Waals surface area (Å²) in [6.45, 7) is 11.0. The first-order valence-corrected chi connectivity index (χ1v) is 5.08. The third kappa shape index (κ3) is 2.42. The van der Waals surface area contributed by atoms with E-state index < -0.39 is 0 Å². The van der Waals surface area contributed by atoms with E-state index in [4.69, 9.17) is 0 Å². The Morgan fingerprint density at radius 1 is 1.46 bits per heavy atom. The van der Waals surface area contributed by atoms with Crippen molar-refractivity contribution in [3.63, 3.8) is 0 Å². The quantitative estimate of drug-likeness (QED) is 0.624. The molecule has 0 aliphatic carbocycles. The van der Waals surface area contributed by atoms with Crippen molar-refractivity contribution in [1.82, 2.24) is 10.2 Å². The number of aliphatic hydroxyl groups excluding tert-OH is 1. The SMILES string of the molecule is CC1NCCN(C(C)(C)C)C1CO. The van der Waals surface area contributed by atoms with E-state index >= 15 is 0 Å². The van der Waals surface area contributed by atoms with Crippen LogP contribution in [-0.4, -0.2) is 47.3 Å². The van der Waals surface area contributed by atoms with Crippen LogP contribution in [-0.2, 0) is 0 Å². The smallest absolute Gasteiger partial charge is 0.0602 e. The lowest BCUT2D eigenvalue weighted by Gasteiger charge is -2.47. The highest BCUT2D eigenvalue weighted by atomic mass is 16.3. The van der Waals surface area contributed by atoms with Gasteiger partial charge in [0.1, 0.15) is 0 Å². The molecule has 3 heteroatoms. The summed E-state index contributed by atoms with van der Waals surface area (Å²) in [4.78, 5) is 2.38. The number of rotatable bonds is 1. The van der Waals surface area contributed by atoms with E-state index in [0.717, 1.165) is 13.1 Å². The summed E-state index contributed by atoms with van der Waals surface area (Å²) in [6.07, 6.45) is 0. The monoisotopic (exact) mass is 186 g/mol. The van der Waals surface area contributed by atoms with E-state index in [1.54, 1.807) is 0 Å². The van der Waals surface area contributed by atoms with Crippen molar-refractivity contribution >= 4 is 0 Å². The zero-order chi connectivity index (χ0) is 10.1. The minimum atomic E-state index is 0.157. The third-order valence-electron chi connectivity index (χ3n) is 2.85. The lowest BCUT2D eigenvalue weighted by atomic mass is 9.97. The standard InChI is InChI=1S/C10H22N2O/c1-8-9(7-13)12(6-5-11-8)10(2,3)4/h8-9,11,13H,5-7H2,1-4H3. The average molecular weight is 186 g/mol. The van der Waals surface area contributed by atoms with Crippen LogP contribution in [0.15, 0.2) is 0 Å². The number of nitrogens with zero attached hydrogens (tertiary/aromatic N) is 1. The molecule has 78 valence electrons. The van der Waals surface area contributed by atoms with Crippen LogP contribution in [0.3, 0.4) is 0 Å². The van der Waals surface area contributed by atoms with Gasteiger partial charge >= 0.3 is 0 Å². The summed E-state index contributed by atoms with van der Waals surface area (Å²) in [7, 11) is 0. The van der Waals surface area contributed by atoms with Crippen LogP contribution in [0.25, 0.3) is 0 Å². The lowest BCUT2D eigenvalue weighted by Crippen LogP contribution is -2.63. The van der Waals surface area contributed by atoms with Gasteiger partial charge in [-0.1, -0.05) is 0 Å². The maximum absolute atomic E-state index is 9.31. The summed E-state index contributed by atoms with van der Waals surface area (Å²) in [5.41, 5.74) is 0.157. The predicted octanol–water partition coefficient (Wildman–Crippen LogP) is 0.439. The molecule has 3 nitrogen and oxygen atoms in total. The topological polar surface area (TPSA) is 35.5 Å². The van der Waals surface area contributed by atoms with Crippen molar-refractivity contribution in [2.24, 2.45) is 0 Å². The van der Waals surface area contributed by atoms with Gasteiger partial charge in [0.15, 0.2) is 0 Å². The molecule has 0 aromatic carbocycles. The lowest BCUT2D eigenvalue weighted by molar-refractivity contribution is 0.00831. The number of hydrogen-bond donors (Lipinski definition) is 2. The average Bonchev–Trinajstić information content (AvgIpc) is 2.02. The van der Waals surface area contributed by atoms with Crippen LogP contribution in [0.5, 0.6) is 0 Å². The van der Waals surface area contributed by atoms with Gasteiger partial charge in [-0.15, -0.1) is 0 Å². The van der Waals surface area contributed by atoms with E-state index in [1.165, 1.54) is 0 Å². The Labute approximate surface area is 81.1 Å². The first-order valence-electron chi connectivity index (χ1n) is 5.08. The van der Waals surface area contributed by atoms with Gasteiger partial charge in [-0.25, -0.2) is 0 Å². The Balaban J connectivity index is 2.70. The summed E-state index contributed by atoms with van der Waals surface area (Å²) in [6, 6.07) is 0.645. The van der Waals surface area contributed by atoms with Crippen molar-refractivity contribution in [2.45, 2.75) is 45.3 Å². The van der Waals surface area contributed by atoms with Crippen molar-refractivity contribution in [3.05, 3.63) is 0 Å². The zero-order valence-electron chi connectivity index (χ0n) is 9.17. The molecule has 1 rings (SSSR count). The second-order valence-corrected chi connectivity index (χ2v) is 4.86. The van der Waals surface area contributed by atoms with Crippen LogP contribution >= 0.6 is 0 Å². The van der Waals surface area contributed by atoms with E-state index in [2.05, 4.69) is 37.9 Å². The molecule has 0 radical (unpaired) electrons. The van der Waals surface area contributed by atoms with Gasteiger partial charge in [-0.2, -0.15) is 0 Å². The maximum atomic E-state index is 9.31. The molecule has 0 amide bonds. The van der Waals surface area contributed by atoms with E-state index in [0.29, 0.717) is 6.04 Å². The molecule has 1 saturated heterocycles. The fourth-order valence-electron chi connectivity index (χ4n) is 2.07. The van der Waals surface area contributed by atoms with Gasteiger partial charge in [0.2, 0.25) is 0 Å². The molecule has 2 atom stereocenters. The maximum Gasteiger partial charge on any atom is 0.0602 e. The van der Waals surface area contributed by atoms with Crippen molar-refractivity contribution in [2.75, 3.05) is 19.7 Å². The van der Waals surface area contributed by atoms with Gasteiger partial charge in [-0.3, -0.25) is 4.90 Å². The third-order valence-corrected chi connectivity index (χ3v) is 2.85. The van der Waals surface area contributed by atoms with Crippen molar-refractivity contribution in [3.8, 4) is 0 Å². The molecule has 1 aliphatic rings. The fraction of sp³-hybridized carbons (Fsp3) is 1.00. The highest BCUT2D eigenvalue weighted by molar-refractivity contribution is 4.92. The van der Waals surface area contributed by atoms with Crippen LogP contribution in [0.2, 0.25) is 0 Å². The molecular weight excluding hydrogens is 164 g/mol. The summed E-state index contributed by atoms with van der Waals surface area (Å²) in [5.74, 6) is 0. The largest absolute Gasteiger partial charge is 0.395 e. The van der Waals surface area contributed by atoms with E-state index in [9.17, 15) is 5.11 Å². The summed E-state index contributed by atoms with van der Waals surface area (Å²) < 4.78 is 0. The first-order chi connectivity index (χ1) is 5.96. The Morgan fingerprint density at radius 2 is 2.08 bits per heavy atom. The molecule has 0 saturated carbocycles. The summed E-state index contributed by atoms with van der Waals surface area (Å²) in [5, 5.41) is 12.7. The van der Waals surface area contributed by atoms with Gasteiger partial charge in [0.05, 0.1) is 6.61 Å². The van der Waals surface area contributed by atoms with Crippen LogP contribution in [0, 0.1) is 0 Å². The molecule has 0 spiro atoms. The first kappa shape index (κ1) is 11.0. The minimum absolute atomic E-state index is 0.157. The normalized spacial score (nSPS) is 32.1. The van der Waals surface area contributed by atoms with Crippen LogP contribution < -0.4 is 5.32 Å². The number of aliphatic hydroxyl groups is 1. The number of nitrogens with one attached hydrogen (secondary N) is 1. The van der Waals surface area contributed by atoms with Gasteiger partial charge in [-0.05, 0) is 27.7 Å². The molecule has 13 heavy (non-hydrogen) atoms. The van der Waals surface area contributed by atoms with Gasteiger partial charge in [0, 0.05) is 30.7 Å². The van der Waals surface area contributed by atoms with Gasteiger partial charge in [0.25, 0.3) is 0 Å². The minimum Gasteiger partial charge on any atom is -0.395 e. The van der Waals surface area contributed by atoms with Crippen LogP contribution in [0.1, 0.15) is 27.7 Å². The van der Waals surface area contributed by atoms with E-state index in [1.807, 2.05) is 0 Å². The Bertz CT molecular complexity index is 165. The second-order valence-electron chi connectivity index (χ2n) is 4.86. The molecule has 0 aromatic heterocycles. The van der Waals surface area contributed by atoms with Crippen molar-refractivity contribution in [1.29, 1.82) is 0 Å². The Morgan fingerprint density at radius 3 is 2.46 bits per heavy atom. The summed E-state index contributed by atoms with van der Waals surface area (Å²) >= 11 is 0. The van der Waals surface area contributed by atoms with E-state index in [-0.39, 0.29) is 18.2 Å². The molecule has 1 aliphatic heterocycles. The molecule has 2 unspecified atom stereocenters. The molecule has 0 aromatic rings. The molecular formula is C10H22N2O. The molecule has 2 N–H and O–H groups in total. The second kappa shape index (κ2) is 3.95. The molecule has 1 fully saturated rings. The Kier molecular flexibility index (Phi) is 3.33. The zero-order valence-corrected chi connectivity index (χ0v) is 9.17. The number of piperazine rings is 1. The fourth-order valence-corrected chi connectivity index (χ4v) is 2.07. The molecule has 0 bridgehead atoms. The van der Waals surface area contributed by atoms with Gasteiger partial charge < -0.3 is 10.4 Å². The number of hydrogen-bond acceptors (Lipinski definition) is 3. The highest BCUT2D eigenvalue weighted by Crippen LogP contribution is 2.20. The molecule has 1 heterocycles. The van der Waals surface area contributed by atoms with Crippen molar-refractivity contribution < 1.29 is 5.11 Å². The predicted molar refractivity (Wildman–Crippen MR) is 54.8 cm³/mol. The Hall–Kier alpha value is -0.120. The van der Waals surface area contributed by atoms with Crippen LogP contribution in [0.4, 0.5) is 0 Å².